The zero-order valence-corrected chi connectivity index (χ0v) is 14.2. The minimum Gasteiger partial charge on any atom is -0.366 e. The normalized spacial score (nSPS) is 10.2. The van der Waals surface area contributed by atoms with Crippen molar-refractivity contribution in [2.75, 3.05) is 17.3 Å². The fraction of sp³-hybridized carbons (Fsp3) is 0.0500. The Labute approximate surface area is 151 Å². The summed E-state index contributed by atoms with van der Waals surface area (Å²) >= 11 is 0. The first-order valence-electron chi connectivity index (χ1n) is 8.01. The molecule has 1 heterocycles. The number of nitrogens with zero attached hydrogens (tertiary/aromatic N) is 2. The largest absolute Gasteiger partial charge is 0.366 e. The maximum absolute atomic E-state index is 12.5. The van der Waals surface area contributed by atoms with Crippen molar-refractivity contribution in [2.24, 2.45) is 5.73 Å². The molecule has 6 nitrogen and oxygen atoms in total. The third-order valence-electron chi connectivity index (χ3n) is 3.94. The Bertz CT molecular complexity index is 924. The lowest BCUT2D eigenvalue weighted by molar-refractivity contribution is 0.0993. The number of nitrogens with one attached hydrogen (secondary N) is 1. The number of benzene rings is 2. The highest BCUT2D eigenvalue weighted by molar-refractivity contribution is 6.05. The van der Waals surface area contributed by atoms with Crippen molar-refractivity contribution in [3.63, 3.8) is 0 Å². The van der Waals surface area contributed by atoms with Crippen molar-refractivity contribution in [2.45, 2.75) is 0 Å². The average molecular weight is 346 g/mol. The van der Waals surface area contributed by atoms with Crippen LogP contribution in [0.1, 0.15) is 20.8 Å². The topological polar surface area (TPSA) is 88.3 Å². The smallest absolute Gasteiger partial charge is 0.274 e. The van der Waals surface area contributed by atoms with E-state index in [1.54, 1.807) is 0 Å². The van der Waals surface area contributed by atoms with Gasteiger partial charge in [0.2, 0.25) is 5.91 Å². The van der Waals surface area contributed by atoms with Gasteiger partial charge in [-0.2, -0.15) is 0 Å². The van der Waals surface area contributed by atoms with E-state index in [4.69, 9.17) is 5.73 Å². The van der Waals surface area contributed by atoms with Crippen LogP contribution >= 0.6 is 0 Å². The van der Waals surface area contributed by atoms with Gasteiger partial charge in [-0.05, 0) is 36.4 Å². The summed E-state index contributed by atoms with van der Waals surface area (Å²) in [6.07, 6.45) is 1.29. The molecule has 130 valence electrons. The van der Waals surface area contributed by atoms with E-state index in [0.29, 0.717) is 5.69 Å². The Morgan fingerprint density at radius 1 is 0.962 bits per heavy atom. The second-order valence-electron chi connectivity index (χ2n) is 5.66. The third-order valence-corrected chi connectivity index (χ3v) is 3.94. The first-order chi connectivity index (χ1) is 12.6. The van der Waals surface area contributed by atoms with Gasteiger partial charge in [-0.25, -0.2) is 0 Å². The Kier molecular flexibility index (Phi) is 4.94. The molecule has 3 N–H and O–H groups in total. The zero-order chi connectivity index (χ0) is 18.5. The van der Waals surface area contributed by atoms with Gasteiger partial charge < -0.3 is 16.0 Å². The van der Waals surface area contributed by atoms with E-state index >= 15 is 0 Å². The van der Waals surface area contributed by atoms with Crippen molar-refractivity contribution < 1.29 is 9.59 Å². The minimum absolute atomic E-state index is 0.201. The lowest BCUT2D eigenvalue weighted by atomic mass is 10.2. The highest BCUT2D eigenvalue weighted by Gasteiger charge is 2.14. The SMILES string of the molecule is CN(c1ccccc1)c1ccccc1NC(=O)c1ccc(C(N)=O)cn1. The van der Waals surface area contributed by atoms with Crippen LogP contribution < -0.4 is 16.0 Å². The summed E-state index contributed by atoms with van der Waals surface area (Å²) in [5, 5.41) is 2.87. The number of hydrogen-bond donors (Lipinski definition) is 2. The van der Waals surface area contributed by atoms with Crippen LogP contribution in [0.4, 0.5) is 17.1 Å². The molecule has 0 bridgehead atoms. The molecule has 0 unspecified atom stereocenters. The summed E-state index contributed by atoms with van der Waals surface area (Å²) in [4.78, 5) is 29.6. The average Bonchev–Trinajstić information content (AvgIpc) is 2.68. The fourth-order valence-corrected chi connectivity index (χ4v) is 2.52. The second kappa shape index (κ2) is 7.48. The molecule has 6 heteroatoms. The molecule has 26 heavy (non-hydrogen) atoms. The maximum Gasteiger partial charge on any atom is 0.274 e. The molecule has 3 rings (SSSR count). The van der Waals surface area contributed by atoms with Gasteiger partial charge in [0, 0.05) is 18.9 Å². The van der Waals surface area contributed by atoms with Gasteiger partial charge in [0.1, 0.15) is 5.69 Å². The number of carbonyl (C=O) groups is 2. The van der Waals surface area contributed by atoms with Crippen molar-refractivity contribution in [1.82, 2.24) is 4.98 Å². The van der Waals surface area contributed by atoms with Gasteiger partial charge in [-0.3, -0.25) is 14.6 Å². The molecule has 0 radical (unpaired) electrons. The van der Waals surface area contributed by atoms with E-state index in [2.05, 4.69) is 10.3 Å². The predicted molar refractivity (Wildman–Crippen MR) is 102 cm³/mol. The van der Waals surface area contributed by atoms with Crippen molar-refractivity contribution >= 4 is 28.9 Å². The number of para-hydroxylation sites is 3. The Morgan fingerprint density at radius 3 is 2.31 bits per heavy atom. The number of carbonyl (C=O) groups excluding carboxylic acids is 2. The van der Waals surface area contributed by atoms with Crippen LogP contribution in [0.25, 0.3) is 0 Å². The van der Waals surface area contributed by atoms with Gasteiger partial charge in [0.15, 0.2) is 0 Å². The molecule has 2 aromatic carbocycles. The second-order valence-corrected chi connectivity index (χ2v) is 5.66. The van der Waals surface area contributed by atoms with E-state index in [-0.39, 0.29) is 17.2 Å². The number of rotatable bonds is 5. The molecular weight excluding hydrogens is 328 g/mol. The highest BCUT2D eigenvalue weighted by atomic mass is 16.2. The summed E-state index contributed by atoms with van der Waals surface area (Å²) in [5.41, 5.74) is 8.15. The molecule has 0 saturated carbocycles. The summed E-state index contributed by atoms with van der Waals surface area (Å²) < 4.78 is 0. The molecule has 0 aliphatic heterocycles. The number of hydrogen-bond acceptors (Lipinski definition) is 4. The monoisotopic (exact) mass is 346 g/mol. The highest BCUT2D eigenvalue weighted by Crippen LogP contribution is 2.30. The number of primary amides is 1. The lowest BCUT2D eigenvalue weighted by Crippen LogP contribution is -2.18. The number of pyridine rings is 1. The van der Waals surface area contributed by atoms with Crippen LogP contribution in [0.15, 0.2) is 72.9 Å². The van der Waals surface area contributed by atoms with Crippen molar-refractivity contribution in [1.29, 1.82) is 0 Å². The number of anilines is 3. The molecule has 0 aliphatic carbocycles. The molecule has 2 amide bonds. The molecule has 0 saturated heterocycles. The van der Waals surface area contributed by atoms with E-state index in [1.807, 2.05) is 66.5 Å². The lowest BCUT2D eigenvalue weighted by Gasteiger charge is -2.22. The molecule has 3 aromatic rings. The van der Waals surface area contributed by atoms with E-state index in [9.17, 15) is 9.59 Å². The molecule has 0 spiro atoms. The summed E-state index contributed by atoms with van der Waals surface area (Å²) in [6.45, 7) is 0. The van der Waals surface area contributed by atoms with Crippen LogP contribution in [0, 0.1) is 0 Å². The summed E-state index contributed by atoms with van der Waals surface area (Å²) in [6, 6.07) is 20.3. The third kappa shape index (κ3) is 3.70. The molecule has 1 aromatic heterocycles. The minimum atomic E-state index is -0.584. The Hall–Kier alpha value is -3.67. The number of nitrogens with two attached hydrogens (primary N) is 1. The molecule has 0 atom stereocenters. The van der Waals surface area contributed by atoms with Crippen LogP contribution in [-0.4, -0.2) is 23.8 Å². The molecular formula is C20H18N4O2. The van der Waals surface area contributed by atoms with Crippen molar-refractivity contribution in [3.05, 3.63) is 84.2 Å². The van der Waals surface area contributed by atoms with Crippen molar-refractivity contribution in [3.8, 4) is 0 Å². The first kappa shape index (κ1) is 17.2. The van der Waals surface area contributed by atoms with Crippen LogP contribution in [0.5, 0.6) is 0 Å². The zero-order valence-electron chi connectivity index (χ0n) is 14.2. The number of aromatic nitrogens is 1. The fourth-order valence-electron chi connectivity index (χ4n) is 2.52. The van der Waals surface area contributed by atoms with Crippen LogP contribution in [-0.2, 0) is 0 Å². The first-order valence-corrected chi connectivity index (χ1v) is 8.01. The van der Waals surface area contributed by atoms with E-state index < -0.39 is 5.91 Å². The summed E-state index contributed by atoms with van der Waals surface area (Å²) in [5.74, 6) is -0.950. The standard InChI is InChI=1S/C20H18N4O2/c1-24(15-7-3-2-4-8-15)18-10-6-5-9-16(18)23-20(26)17-12-11-14(13-22-17)19(21)25/h2-13H,1H3,(H2,21,25)(H,23,26). The van der Waals surface area contributed by atoms with Gasteiger partial charge in [0.25, 0.3) is 5.91 Å². The number of amides is 2. The van der Waals surface area contributed by atoms with E-state index in [0.717, 1.165) is 11.4 Å². The van der Waals surface area contributed by atoms with Gasteiger partial charge in [-0.1, -0.05) is 30.3 Å². The van der Waals surface area contributed by atoms with E-state index in [1.165, 1.54) is 18.3 Å². The van der Waals surface area contributed by atoms with Gasteiger partial charge in [-0.15, -0.1) is 0 Å². The van der Waals surface area contributed by atoms with Crippen LogP contribution in [0.2, 0.25) is 0 Å². The van der Waals surface area contributed by atoms with Gasteiger partial charge >= 0.3 is 0 Å². The molecule has 0 fully saturated rings. The molecule has 0 aliphatic rings. The Morgan fingerprint density at radius 2 is 1.65 bits per heavy atom. The maximum atomic E-state index is 12.5. The predicted octanol–water partition coefficient (Wildman–Crippen LogP) is 3.20. The quantitative estimate of drug-likeness (QED) is 0.742. The van der Waals surface area contributed by atoms with Crippen LogP contribution in [0.3, 0.4) is 0 Å². The Balaban J connectivity index is 1.84. The van der Waals surface area contributed by atoms with Gasteiger partial charge in [0.05, 0.1) is 16.9 Å². The summed E-state index contributed by atoms with van der Waals surface area (Å²) in [7, 11) is 1.93.